The maximum atomic E-state index is 12.8. The van der Waals surface area contributed by atoms with Gasteiger partial charge in [0.05, 0.1) is 24.8 Å². The Morgan fingerprint density at radius 2 is 2.24 bits per heavy atom. The van der Waals surface area contributed by atoms with Gasteiger partial charge < -0.3 is 14.8 Å². The summed E-state index contributed by atoms with van der Waals surface area (Å²) in [6.07, 6.45) is 2.21. The van der Waals surface area contributed by atoms with E-state index in [-0.39, 0.29) is 24.0 Å². The number of hydrogen-bond donors (Lipinski definition) is 1. The van der Waals surface area contributed by atoms with Gasteiger partial charge in [-0.15, -0.1) is 0 Å². The number of nitrogens with one attached hydrogen (secondary N) is 1. The van der Waals surface area contributed by atoms with Gasteiger partial charge in [-0.25, -0.2) is 0 Å². The molecule has 2 aromatic rings. The van der Waals surface area contributed by atoms with E-state index in [1.165, 1.54) is 0 Å². The molecule has 0 radical (unpaired) electrons. The van der Waals surface area contributed by atoms with Gasteiger partial charge in [0.1, 0.15) is 11.9 Å². The van der Waals surface area contributed by atoms with Crippen molar-refractivity contribution in [2.24, 2.45) is 13.0 Å². The summed E-state index contributed by atoms with van der Waals surface area (Å²) < 4.78 is 12.9. The molecule has 134 valence electrons. The molecule has 0 spiro atoms. The zero-order chi connectivity index (χ0) is 18.0. The molecule has 6 heteroatoms. The fourth-order valence-corrected chi connectivity index (χ4v) is 3.39. The normalized spacial score (nSPS) is 21.1. The first kappa shape index (κ1) is 17.5. The maximum Gasteiger partial charge on any atom is 0.226 e. The van der Waals surface area contributed by atoms with Crippen molar-refractivity contribution in [2.45, 2.75) is 32.4 Å². The van der Waals surface area contributed by atoms with Crippen molar-refractivity contribution in [3.8, 4) is 5.75 Å². The average Bonchev–Trinajstić information content (AvgIpc) is 3.22. The third kappa shape index (κ3) is 3.54. The highest BCUT2D eigenvalue weighted by molar-refractivity contribution is 5.80. The molecule has 0 saturated carbocycles. The van der Waals surface area contributed by atoms with Gasteiger partial charge in [-0.1, -0.05) is 12.1 Å². The summed E-state index contributed by atoms with van der Waals surface area (Å²) in [5.41, 5.74) is 3.05. The number of methoxy groups -OCH3 is 1. The summed E-state index contributed by atoms with van der Waals surface area (Å²) in [7, 11) is 3.53. The van der Waals surface area contributed by atoms with E-state index in [0.29, 0.717) is 6.61 Å². The molecular formula is C19H25N3O3. The van der Waals surface area contributed by atoms with Crippen LogP contribution in [0.4, 0.5) is 0 Å². The van der Waals surface area contributed by atoms with E-state index < -0.39 is 0 Å². The monoisotopic (exact) mass is 343 g/mol. The predicted octanol–water partition coefficient (Wildman–Crippen LogP) is 2.69. The molecule has 25 heavy (non-hydrogen) atoms. The van der Waals surface area contributed by atoms with Crippen molar-refractivity contribution in [1.29, 1.82) is 0 Å². The largest absolute Gasteiger partial charge is 0.496 e. The molecule has 6 nitrogen and oxygen atoms in total. The van der Waals surface area contributed by atoms with Crippen molar-refractivity contribution in [2.75, 3.05) is 13.7 Å². The fourth-order valence-electron chi connectivity index (χ4n) is 3.39. The Hall–Kier alpha value is -2.34. The Labute approximate surface area is 148 Å². The molecule has 3 rings (SSSR count). The highest BCUT2D eigenvalue weighted by Gasteiger charge is 2.37. The molecule has 2 heterocycles. The number of carbonyl (C=O) groups is 1. The van der Waals surface area contributed by atoms with Gasteiger partial charge in [0, 0.05) is 19.9 Å². The summed E-state index contributed by atoms with van der Waals surface area (Å²) >= 11 is 0. The van der Waals surface area contributed by atoms with Crippen LogP contribution in [0.2, 0.25) is 0 Å². The molecule has 1 amide bonds. The predicted molar refractivity (Wildman–Crippen MR) is 94.3 cm³/mol. The van der Waals surface area contributed by atoms with E-state index in [9.17, 15) is 4.79 Å². The summed E-state index contributed by atoms with van der Waals surface area (Å²) in [6.45, 7) is 4.58. The maximum absolute atomic E-state index is 12.8. The van der Waals surface area contributed by atoms with Crippen LogP contribution in [-0.2, 0) is 16.6 Å². The molecule has 1 aliphatic rings. The Kier molecular flexibility index (Phi) is 5.08. The second-order valence-corrected chi connectivity index (χ2v) is 6.53. The minimum Gasteiger partial charge on any atom is -0.496 e. The van der Waals surface area contributed by atoms with Gasteiger partial charge >= 0.3 is 0 Å². The van der Waals surface area contributed by atoms with Crippen LogP contribution >= 0.6 is 0 Å². The minimum atomic E-state index is -0.239. The van der Waals surface area contributed by atoms with Crippen LogP contribution in [0.5, 0.6) is 5.75 Å². The van der Waals surface area contributed by atoms with Crippen molar-refractivity contribution >= 4 is 5.91 Å². The Balaban J connectivity index is 1.71. The van der Waals surface area contributed by atoms with Crippen LogP contribution in [-0.4, -0.2) is 29.4 Å². The fraction of sp³-hybridized carbons (Fsp3) is 0.474. The molecule has 1 aromatic heterocycles. The second kappa shape index (κ2) is 7.27. The number of benzene rings is 1. The average molecular weight is 343 g/mol. The lowest BCUT2D eigenvalue weighted by Gasteiger charge is -2.22. The first-order valence-corrected chi connectivity index (χ1v) is 8.55. The zero-order valence-corrected chi connectivity index (χ0v) is 15.2. The van der Waals surface area contributed by atoms with E-state index in [1.807, 2.05) is 45.2 Å². The lowest BCUT2D eigenvalue weighted by Crippen LogP contribution is -2.34. The number of nitrogens with zero attached hydrogens (tertiary/aromatic N) is 2. The van der Waals surface area contributed by atoms with Crippen LogP contribution in [0, 0.1) is 12.8 Å². The second-order valence-electron chi connectivity index (χ2n) is 6.53. The number of ether oxygens (including phenoxy) is 2. The number of rotatable bonds is 5. The van der Waals surface area contributed by atoms with Gasteiger partial charge in [0.2, 0.25) is 5.91 Å². The van der Waals surface area contributed by atoms with E-state index in [4.69, 9.17) is 9.47 Å². The molecule has 0 bridgehead atoms. The minimum absolute atomic E-state index is 0.0182. The zero-order valence-electron chi connectivity index (χ0n) is 15.2. The Bertz CT molecular complexity index is 756. The molecular weight excluding hydrogens is 318 g/mol. The summed E-state index contributed by atoms with van der Waals surface area (Å²) in [5.74, 6) is 0.671. The molecule has 1 saturated heterocycles. The molecule has 3 atom stereocenters. The third-order valence-electron chi connectivity index (χ3n) is 4.86. The Morgan fingerprint density at radius 1 is 1.44 bits per heavy atom. The van der Waals surface area contributed by atoms with Crippen molar-refractivity contribution < 1.29 is 14.3 Å². The van der Waals surface area contributed by atoms with E-state index in [2.05, 4.69) is 10.4 Å². The summed E-state index contributed by atoms with van der Waals surface area (Å²) in [5, 5.41) is 7.31. The number of hydrogen-bond acceptors (Lipinski definition) is 4. The van der Waals surface area contributed by atoms with Crippen LogP contribution < -0.4 is 10.1 Å². The Morgan fingerprint density at radius 3 is 2.88 bits per heavy atom. The number of amides is 1. The highest BCUT2D eigenvalue weighted by atomic mass is 16.5. The van der Waals surface area contributed by atoms with E-state index in [1.54, 1.807) is 18.0 Å². The molecule has 1 aromatic carbocycles. The van der Waals surface area contributed by atoms with Gasteiger partial charge in [-0.3, -0.25) is 9.48 Å². The molecule has 0 aliphatic carbocycles. The lowest BCUT2D eigenvalue weighted by atomic mass is 9.96. The van der Waals surface area contributed by atoms with Crippen molar-refractivity contribution in [1.82, 2.24) is 15.1 Å². The SMILES string of the molecule is COc1ccc([C@H](C)NC(=O)[C@@H]2CCO[C@H]2c2ccnn2C)cc1C. The summed E-state index contributed by atoms with van der Waals surface area (Å²) in [6, 6.07) is 7.80. The number of aromatic nitrogens is 2. The molecule has 1 aliphatic heterocycles. The van der Waals surface area contributed by atoms with Gasteiger partial charge in [-0.05, 0) is 43.5 Å². The first-order valence-electron chi connectivity index (χ1n) is 8.55. The van der Waals surface area contributed by atoms with Crippen LogP contribution in [0.1, 0.15) is 42.3 Å². The quantitative estimate of drug-likeness (QED) is 0.906. The molecule has 1 fully saturated rings. The third-order valence-corrected chi connectivity index (χ3v) is 4.86. The summed E-state index contributed by atoms with van der Waals surface area (Å²) in [4.78, 5) is 12.8. The lowest BCUT2D eigenvalue weighted by molar-refractivity contribution is -0.127. The topological polar surface area (TPSA) is 65.4 Å². The van der Waals surface area contributed by atoms with E-state index in [0.717, 1.165) is 29.0 Å². The van der Waals surface area contributed by atoms with Crippen molar-refractivity contribution in [3.05, 3.63) is 47.3 Å². The smallest absolute Gasteiger partial charge is 0.226 e. The van der Waals surface area contributed by atoms with Crippen molar-refractivity contribution in [3.63, 3.8) is 0 Å². The van der Waals surface area contributed by atoms with Gasteiger partial charge in [-0.2, -0.15) is 5.10 Å². The van der Waals surface area contributed by atoms with Gasteiger partial charge in [0.25, 0.3) is 0 Å². The highest BCUT2D eigenvalue weighted by Crippen LogP contribution is 2.35. The van der Waals surface area contributed by atoms with Crippen LogP contribution in [0.3, 0.4) is 0 Å². The van der Waals surface area contributed by atoms with Crippen LogP contribution in [0.15, 0.2) is 30.5 Å². The standard InChI is InChI=1S/C19H25N3O3/c1-12-11-14(5-6-17(12)24-4)13(2)21-19(23)15-8-10-25-18(15)16-7-9-20-22(16)3/h5-7,9,11,13,15,18H,8,10H2,1-4H3,(H,21,23)/t13-,15+,18+/m0/s1. The van der Waals surface area contributed by atoms with E-state index >= 15 is 0 Å². The van der Waals surface area contributed by atoms with Gasteiger partial charge in [0.15, 0.2) is 0 Å². The number of carbonyl (C=O) groups excluding carboxylic acids is 1. The molecule has 0 unspecified atom stereocenters. The first-order chi connectivity index (χ1) is 12.0. The number of aryl methyl sites for hydroxylation is 2. The van der Waals surface area contributed by atoms with Crippen LogP contribution in [0.25, 0.3) is 0 Å². The molecule has 1 N–H and O–H groups in total.